The molecular weight excluding hydrogens is 279 g/mol. The molecule has 5 heteroatoms. The number of hydrogen-bond acceptors (Lipinski definition) is 2. The van der Waals surface area contributed by atoms with Crippen molar-refractivity contribution >= 4 is 0 Å². The molecule has 0 heterocycles. The summed E-state index contributed by atoms with van der Waals surface area (Å²) < 4.78 is 44.4. The van der Waals surface area contributed by atoms with Crippen LogP contribution in [0.2, 0.25) is 0 Å². The monoisotopic (exact) mass is 295 g/mol. The van der Waals surface area contributed by atoms with E-state index in [4.69, 9.17) is 10.5 Å². The van der Waals surface area contributed by atoms with E-state index in [-0.39, 0.29) is 17.9 Å². The van der Waals surface area contributed by atoms with Crippen molar-refractivity contribution in [2.75, 3.05) is 0 Å². The molecule has 0 unspecified atom stereocenters. The smallest absolute Gasteiger partial charge is 0.416 e. The third-order valence-corrected chi connectivity index (χ3v) is 3.04. The lowest BCUT2D eigenvalue weighted by molar-refractivity contribution is -0.138. The van der Waals surface area contributed by atoms with Crippen LogP contribution in [-0.4, -0.2) is 0 Å². The van der Waals surface area contributed by atoms with Crippen molar-refractivity contribution in [2.24, 2.45) is 5.73 Å². The normalized spacial score (nSPS) is 11.5. The van der Waals surface area contributed by atoms with E-state index in [0.29, 0.717) is 5.75 Å². The molecule has 0 radical (unpaired) electrons. The first kappa shape index (κ1) is 15.4. The Labute approximate surface area is 121 Å². The molecule has 0 bridgehead atoms. The summed E-state index contributed by atoms with van der Waals surface area (Å²) in [6.07, 6.45) is -4.45. The molecule has 0 saturated carbocycles. The second-order valence-corrected chi connectivity index (χ2v) is 4.95. The summed E-state index contributed by atoms with van der Waals surface area (Å²) in [5.74, 6) is 0.658. The molecule has 2 N–H and O–H groups in total. The standard InChI is InChI=1S/C16H16F3NO/c1-10-5-11(2)7-14(6-10)21-13-4-3-12(9-20)15(8-13)16(17,18)19/h3-8H,9,20H2,1-2H3. The number of halogens is 3. The molecule has 0 aliphatic carbocycles. The highest BCUT2D eigenvalue weighted by Crippen LogP contribution is 2.35. The number of hydrogen-bond donors (Lipinski definition) is 1. The third kappa shape index (κ3) is 3.76. The first-order valence-corrected chi connectivity index (χ1v) is 6.46. The van der Waals surface area contributed by atoms with Gasteiger partial charge in [0.15, 0.2) is 0 Å². The molecule has 2 nitrogen and oxygen atoms in total. The van der Waals surface area contributed by atoms with E-state index in [1.807, 2.05) is 19.9 Å². The van der Waals surface area contributed by atoms with Crippen LogP contribution < -0.4 is 10.5 Å². The molecule has 0 spiro atoms. The Morgan fingerprint density at radius 3 is 2.10 bits per heavy atom. The van der Waals surface area contributed by atoms with Crippen LogP contribution >= 0.6 is 0 Å². The van der Waals surface area contributed by atoms with Gasteiger partial charge in [-0.2, -0.15) is 13.2 Å². The molecular formula is C16H16F3NO. The van der Waals surface area contributed by atoms with Gasteiger partial charge in [0.25, 0.3) is 0 Å². The molecule has 0 amide bonds. The number of benzene rings is 2. The zero-order valence-corrected chi connectivity index (χ0v) is 11.8. The van der Waals surface area contributed by atoms with Crippen LogP contribution in [0.3, 0.4) is 0 Å². The molecule has 0 aliphatic heterocycles. The van der Waals surface area contributed by atoms with Gasteiger partial charge in [-0.1, -0.05) is 12.1 Å². The summed E-state index contributed by atoms with van der Waals surface area (Å²) in [6.45, 7) is 3.63. The molecule has 0 saturated heterocycles. The minimum absolute atomic E-state index is 0.0512. The van der Waals surface area contributed by atoms with Gasteiger partial charge in [-0.15, -0.1) is 0 Å². The molecule has 2 aromatic rings. The van der Waals surface area contributed by atoms with Crippen molar-refractivity contribution in [1.82, 2.24) is 0 Å². The Balaban J connectivity index is 2.37. The van der Waals surface area contributed by atoms with Gasteiger partial charge >= 0.3 is 6.18 Å². The van der Waals surface area contributed by atoms with E-state index in [1.54, 1.807) is 12.1 Å². The van der Waals surface area contributed by atoms with E-state index in [9.17, 15) is 13.2 Å². The summed E-state index contributed by atoms with van der Waals surface area (Å²) in [7, 11) is 0. The van der Waals surface area contributed by atoms with Crippen LogP contribution in [0.4, 0.5) is 13.2 Å². The van der Waals surface area contributed by atoms with E-state index >= 15 is 0 Å². The topological polar surface area (TPSA) is 35.2 Å². The first-order valence-electron chi connectivity index (χ1n) is 6.46. The average molecular weight is 295 g/mol. The van der Waals surface area contributed by atoms with Gasteiger partial charge in [-0.05, 0) is 54.8 Å². The van der Waals surface area contributed by atoms with Gasteiger partial charge in [0.2, 0.25) is 0 Å². The van der Waals surface area contributed by atoms with Gasteiger partial charge < -0.3 is 10.5 Å². The molecule has 0 atom stereocenters. The van der Waals surface area contributed by atoms with E-state index in [0.717, 1.165) is 17.2 Å². The van der Waals surface area contributed by atoms with Crippen molar-refractivity contribution < 1.29 is 17.9 Å². The first-order chi connectivity index (χ1) is 9.79. The van der Waals surface area contributed by atoms with Gasteiger partial charge in [0.1, 0.15) is 11.5 Å². The van der Waals surface area contributed by atoms with Gasteiger partial charge in [-0.3, -0.25) is 0 Å². The molecule has 2 aromatic carbocycles. The number of aryl methyl sites for hydroxylation is 2. The Bertz CT molecular complexity index is 630. The van der Waals surface area contributed by atoms with Crippen molar-refractivity contribution in [3.63, 3.8) is 0 Å². The van der Waals surface area contributed by atoms with Gasteiger partial charge in [0.05, 0.1) is 5.56 Å². The van der Waals surface area contributed by atoms with Crippen LogP contribution in [0.5, 0.6) is 11.5 Å². The van der Waals surface area contributed by atoms with E-state index in [2.05, 4.69) is 0 Å². The lowest BCUT2D eigenvalue weighted by Gasteiger charge is -2.14. The van der Waals surface area contributed by atoms with Crippen LogP contribution in [0, 0.1) is 13.8 Å². The maximum atomic E-state index is 13.0. The Morgan fingerprint density at radius 2 is 1.57 bits per heavy atom. The largest absolute Gasteiger partial charge is 0.457 e. The minimum atomic E-state index is -4.45. The predicted octanol–water partition coefficient (Wildman–Crippen LogP) is 4.57. The maximum absolute atomic E-state index is 13.0. The van der Waals surface area contributed by atoms with Crippen LogP contribution in [-0.2, 0) is 12.7 Å². The lowest BCUT2D eigenvalue weighted by Crippen LogP contribution is -2.12. The molecule has 112 valence electrons. The van der Waals surface area contributed by atoms with Crippen molar-refractivity contribution in [3.05, 3.63) is 58.7 Å². The second-order valence-electron chi connectivity index (χ2n) is 4.95. The quantitative estimate of drug-likeness (QED) is 0.900. The fourth-order valence-electron chi connectivity index (χ4n) is 2.19. The van der Waals surface area contributed by atoms with Crippen LogP contribution in [0.1, 0.15) is 22.3 Å². The summed E-state index contributed by atoms with van der Waals surface area (Å²) in [5.41, 5.74) is 6.61. The molecule has 21 heavy (non-hydrogen) atoms. The summed E-state index contributed by atoms with van der Waals surface area (Å²) in [4.78, 5) is 0. The maximum Gasteiger partial charge on any atom is 0.416 e. The van der Waals surface area contributed by atoms with Gasteiger partial charge in [-0.25, -0.2) is 0 Å². The van der Waals surface area contributed by atoms with Gasteiger partial charge in [0, 0.05) is 6.54 Å². The Hall–Kier alpha value is -2.01. The summed E-state index contributed by atoms with van der Waals surface area (Å²) in [5, 5.41) is 0. The number of rotatable bonds is 3. The zero-order chi connectivity index (χ0) is 15.6. The summed E-state index contributed by atoms with van der Waals surface area (Å²) in [6, 6.07) is 9.34. The Morgan fingerprint density at radius 1 is 0.952 bits per heavy atom. The lowest BCUT2D eigenvalue weighted by atomic mass is 10.1. The van der Waals surface area contributed by atoms with Crippen molar-refractivity contribution in [1.29, 1.82) is 0 Å². The minimum Gasteiger partial charge on any atom is -0.457 e. The zero-order valence-electron chi connectivity index (χ0n) is 11.8. The van der Waals surface area contributed by atoms with Crippen molar-refractivity contribution in [3.8, 4) is 11.5 Å². The molecule has 0 aromatic heterocycles. The number of alkyl halides is 3. The number of nitrogens with two attached hydrogens (primary N) is 1. The molecule has 0 fully saturated rings. The highest BCUT2D eigenvalue weighted by atomic mass is 19.4. The third-order valence-electron chi connectivity index (χ3n) is 3.04. The predicted molar refractivity (Wildman–Crippen MR) is 75.3 cm³/mol. The highest BCUT2D eigenvalue weighted by molar-refractivity contribution is 5.41. The highest BCUT2D eigenvalue weighted by Gasteiger charge is 2.33. The molecule has 0 aliphatic rings. The average Bonchev–Trinajstić information content (AvgIpc) is 2.36. The Kier molecular flexibility index (Phi) is 4.23. The van der Waals surface area contributed by atoms with Crippen LogP contribution in [0.25, 0.3) is 0 Å². The fourth-order valence-corrected chi connectivity index (χ4v) is 2.19. The van der Waals surface area contributed by atoms with E-state index in [1.165, 1.54) is 12.1 Å². The SMILES string of the molecule is Cc1cc(C)cc(Oc2ccc(CN)c(C(F)(F)F)c2)c1. The second kappa shape index (κ2) is 5.77. The molecule has 2 rings (SSSR count). The summed E-state index contributed by atoms with van der Waals surface area (Å²) >= 11 is 0. The van der Waals surface area contributed by atoms with E-state index < -0.39 is 11.7 Å². The fraction of sp³-hybridized carbons (Fsp3) is 0.250. The number of ether oxygens (including phenoxy) is 1. The van der Waals surface area contributed by atoms with Crippen LogP contribution in [0.15, 0.2) is 36.4 Å². The van der Waals surface area contributed by atoms with Crippen molar-refractivity contribution in [2.45, 2.75) is 26.6 Å².